The van der Waals surface area contributed by atoms with Crippen LogP contribution >= 0.6 is 0 Å². The number of aldehydes is 1. The van der Waals surface area contributed by atoms with E-state index in [1.54, 1.807) is 0 Å². The monoisotopic (exact) mass is 222 g/mol. The molecular formula is C15H26O. The molecule has 0 amide bonds. The number of carbonyl (C=O) groups excluding carboxylic acids is 1. The predicted octanol–water partition coefficient (Wildman–Crippen LogP) is 4.06. The summed E-state index contributed by atoms with van der Waals surface area (Å²) in [4.78, 5) is 11.4. The van der Waals surface area contributed by atoms with Gasteiger partial charge in [0.1, 0.15) is 6.29 Å². The summed E-state index contributed by atoms with van der Waals surface area (Å²) in [6, 6.07) is 0. The SMILES string of the molecule is C[C@H]1CC[C@H]2C(C)(C)CCC[C@]2(C)[C@H]1C=O. The molecule has 0 radical (unpaired) electrons. The van der Waals surface area contributed by atoms with Crippen molar-refractivity contribution in [3.8, 4) is 0 Å². The number of hydrogen-bond donors (Lipinski definition) is 0. The van der Waals surface area contributed by atoms with E-state index in [1.807, 2.05) is 0 Å². The van der Waals surface area contributed by atoms with Gasteiger partial charge in [0.2, 0.25) is 0 Å². The van der Waals surface area contributed by atoms with E-state index in [1.165, 1.54) is 38.4 Å². The molecule has 0 saturated heterocycles. The van der Waals surface area contributed by atoms with E-state index in [9.17, 15) is 4.79 Å². The summed E-state index contributed by atoms with van der Waals surface area (Å²) in [5, 5.41) is 0. The predicted molar refractivity (Wildman–Crippen MR) is 67.2 cm³/mol. The van der Waals surface area contributed by atoms with Gasteiger partial charge in [-0.15, -0.1) is 0 Å². The van der Waals surface area contributed by atoms with Crippen molar-refractivity contribution in [1.82, 2.24) is 0 Å². The first-order valence-corrected chi connectivity index (χ1v) is 6.87. The molecule has 1 nitrogen and oxygen atoms in total. The minimum absolute atomic E-state index is 0.279. The largest absolute Gasteiger partial charge is 0.303 e. The summed E-state index contributed by atoms with van der Waals surface area (Å²) >= 11 is 0. The molecule has 4 atom stereocenters. The second kappa shape index (κ2) is 3.85. The third-order valence-electron chi connectivity index (χ3n) is 5.71. The van der Waals surface area contributed by atoms with Gasteiger partial charge in [-0.25, -0.2) is 0 Å². The van der Waals surface area contributed by atoms with Crippen molar-refractivity contribution < 1.29 is 4.79 Å². The maximum atomic E-state index is 11.4. The summed E-state index contributed by atoms with van der Waals surface area (Å²) in [5.41, 5.74) is 0.718. The van der Waals surface area contributed by atoms with Crippen LogP contribution in [0.2, 0.25) is 0 Å². The summed E-state index contributed by atoms with van der Waals surface area (Å²) in [6.07, 6.45) is 7.74. The third-order valence-corrected chi connectivity index (χ3v) is 5.71. The summed E-state index contributed by atoms with van der Waals surface area (Å²) in [7, 11) is 0. The quantitative estimate of drug-likeness (QED) is 0.611. The number of hydrogen-bond acceptors (Lipinski definition) is 1. The molecule has 0 unspecified atom stereocenters. The van der Waals surface area contributed by atoms with Crippen molar-refractivity contribution in [2.45, 2.75) is 59.8 Å². The third kappa shape index (κ3) is 1.63. The highest BCUT2D eigenvalue weighted by molar-refractivity contribution is 5.56. The Morgan fingerprint density at radius 2 is 1.81 bits per heavy atom. The maximum Gasteiger partial charge on any atom is 0.123 e. The van der Waals surface area contributed by atoms with Gasteiger partial charge < -0.3 is 4.79 Å². The molecule has 0 bridgehead atoms. The first kappa shape index (κ1) is 12.1. The number of rotatable bonds is 1. The summed E-state index contributed by atoms with van der Waals surface area (Å²) < 4.78 is 0. The molecule has 2 saturated carbocycles. The van der Waals surface area contributed by atoms with Crippen LogP contribution in [0.4, 0.5) is 0 Å². The van der Waals surface area contributed by atoms with Gasteiger partial charge in [0.25, 0.3) is 0 Å². The van der Waals surface area contributed by atoms with Crippen LogP contribution in [0.3, 0.4) is 0 Å². The Kier molecular flexibility index (Phi) is 2.92. The van der Waals surface area contributed by atoms with Crippen LogP contribution in [0.25, 0.3) is 0 Å². The average molecular weight is 222 g/mol. The highest BCUT2D eigenvalue weighted by atomic mass is 16.1. The molecule has 0 spiro atoms. The lowest BCUT2D eigenvalue weighted by molar-refractivity contribution is -0.133. The Bertz CT molecular complexity index is 281. The van der Waals surface area contributed by atoms with Gasteiger partial charge in [0.05, 0.1) is 0 Å². The second-order valence-electron chi connectivity index (χ2n) is 7.12. The Hall–Kier alpha value is -0.330. The van der Waals surface area contributed by atoms with E-state index >= 15 is 0 Å². The Labute approximate surface area is 100.0 Å². The van der Waals surface area contributed by atoms with Gasteiger partial charge in [0.15, 0.2) is 0 Å². The van der Waals surface area contributed by atoms with Crippen molar-refractivity contribution in [2.24, 2.45) is 28.6 Å². The van der Waals surface area contributed by atoms with Crippen LogP contribution in [0.5, 0.6) is 0 Å². The molecule has 2 fully saturated rings. The topological polar surface area (TPSA) is 17.1 Å². The zero-order valence-electron chi connectivity index (χ0n) is 11.3. The molecule has 0 N–H and O–H groups in total. The van der Waals surface area contributed by atoms with Crippen molar-refractivity contribution in [1.29, 1.82) is 0 Å². The van der Waals surface area contributed by atoms with Crippen LogP contribution in [-0.2, 0) is 4.79 Å². The minimum Gasteiger partial charge on any atom is -0.303 e. The van der Waals surface area contributed by atoms with E-state index in [0.29, 0.717) is 17.3 Å². The van der Waals surface area contributed by atoms with Gasteiger partial charge in [-0.05, 0) is 48.3 Å². The van der Waals surface area contributed by atoms with Gasteiger partial charge in [-0.2, -0.15) is 0 Å². The second-order valence-corrected chi connectivity index (χ2v) is 7.12. The standard InChI is InChI=1S/C15H26O/c1-11-6-7-13-14(2,3)8-5-9-15(13,4)12(11)10-16/h10-13H,5-9H2,1-4H3/t11-,12-,13-,15+/m0/s1. The zero-order chi connectivity index (χ0) is 12.0. The Morgan fingerprint density at radius 1 is 1.12 bits per heavy atom. The van der Waals surface area contributed by atoms with E-state index in [4.69, 9.17) is 0 Å². The average Bonchev–Trinajstić information content (AvgIpc) is 2.15. The smallest absolute Gasteiger partial charge is 0.123 e. The molecule has 0 aromatic carbocycles. The lowest BCUT2D eigenvalue weighted by atomic mass is 9.47. The van der Waals surface area contributed by atoms with E-state index in [-0.39, 0.29) is 5.41 Å². The van der Waals surface area contributed by atoms with Crippen LogP contribution < -0.4 is 0 Å². The Balaban J connectivity index is 2.34. The molecule has 0 aromatic rings. The molecule has 0 heterocycles. The van der Waals surface area contributed by atoms with Crippen molar-refractivity contribution in [2.75, 3.05) is 0 Å². The van der Waals surface area contributed by atoms with Crippen molar-refractivity contribution in [3.05, 3.63) is 0 Å². The number of carbonyl (C=O) groups is 1. The van der Waals surface area contributed by atoms with Gasteiger partial charge in [0, 0.05) is 5.92 Å². The summed E-state index contributed by atoms with van der Waals surface area (Å²) in [5.74, 6) is 1.64. The molecule has 0 aromatic heterocycles. The fourth-order valence-corrected chi connectivity index (χ4v) is 4.83. The molecule has 2 rings (SSSR count). The molecular weight excluding hydrogens is 196 g/mol. The highest BCUT2D eigenvalue weighted by Crippen LogP contribution is 2.60. The van der Waals surface area contributed by atoms with E-state index < -0.39 is 0 Å². The van der Waals surface area contributed by atoms with Crippen LogP contribution in [0.1, 0.15) is 59.8 Å². The lowest BCUT2D eigenvalue weighted by Gasteiger charge is -2.57. The fraction of sp³-hybridized carbons (Fsp3) is 0.933. The molecule has 1 heteroatoms. The molecule has 16 heavy (non-hydrogen) atoms. The van der Waals surface area contributed by atoms with E-state index in [2.05, 4.69) is 27.7 Å². The van der Waals surface area contributed by atoms with Crippen LogP contribution in [-0.4, -0.2) is 6.29 Å². The molecule has 92 valence electrons. The van der Waals surface area contributed by atoms with Crippen molar-refractivity contribution >= 4 is 6.29 Å². The molecule has 2 aliphatic carbocycles. The highest BCUT2D eigenvalue weighted by Gasteiger charge is 2.53. The van der Waals surface area contributed by atoms with Gasteiger partial charge >= 0.3 is 0 Å². The van der Waals surface area contributed by atoms with Crippen LogP contribution in [0, 0.1) is 28.6 Å². The van der Waals surface area contributed by atoms with Gasteiger partial charge in [-0.1, -0.05) is 34.1 Å². The minimum atomic E-state index is 0.279. The van der Waals surface area contributed by atoms with Gasteiger partial charge in [-0.3, -0.25) is 0 Å². The maximum absolute atomic E-state index is 11.4. The lowest BCUT2D eigenvalue weighted by Crippen LogP contribution is -2.51. The number of fused-ring (bicyclic) bond motifs is 1. The van der Waals surface area contributed by atoms with Crippen LogP contribution in [0.15, 0.2) is 0 Å². The zero-order valence-corrected chi connectivity index (χ0v) is 11.3. The van der Waals surface area contributed by atoms with Crippen molar-refractivity contribution in [3.63, 3.8) is 0 Å². The van der Waals surface area contributed by atoms with E-state index in [0.717, 1.165) is 5.92 Å². The first-order valence-electron chi connectivity index (χ1n) is 6.87. The molecule has 0 aliphatic heterocycles. The normalized spacial score (nSPS) is 47.1. The summed E-state index contributed by atoms with van der Waals surface area (Å²) in [6.45, 7) is 9.47. The molecule has 2 aliphatic rings. The Morgan fingerprint density at radius 3 is 2.44 bits per heavy atom. The fourth-order valence-electron chi connectivity index (χ4n) is 4.83. The first-order chi connectivity index (χ1) is 7.42.